The molecule has 2 aliphatic heterocycles. The van der Waals surface area contributed by atoms with Gasteiger partial charge in [-0.2, -0.15) is 37.6 Å². The monoisotopic (exact) mass is 503 g/mol. The van der Waals surface area contributed by atoms with Crippen LogP contribution in [0.25, 0.3) is 0 Å². The zero-order valence-electron chi connectivity index (χ0n) is 17.1. The molecule has 4 amide bonds. The van der Waals surface area contributed by atoms with E-state index in [0.717, 1.165) is 25.0 Å². The Morgan fingerprint density at radius 2 is 1.84 bits per heavy atom. The second-order valence-corrected chi connectivity index (χ2v) is 8.74. The Morgan fingerprint density at radius 3 is 2.44 bits per heavy atom. The van der Waals surface area contributed by atoms with Crippen molar-refractivity contribution in [3.8, 4) is 0 Å². The largest absolute Gasteiger partial charge is 0.490 e. The van der Waals surface area contributed by atoms with Gasteiger partial charge in [0.2, 0.25) is 11.8 Å². The van der Waals surface area contributed by atoms with E-state index in [1.165, 1.54) is 0 Å². The third-order valence-corrected chi connectivity index (χ3v) is 6.51. The van der Waals surface area contributed by atoms with Gasteiger partial charge in [-0.25, -0.2) is 9.59 Å². The minimum Gasteiger partial charge on any atom is -0.475 e. The van der Waals surface area contributed by atoms with Crippen molar-refractivity contribution in [2.24, 2.45) is 5.73 Å². The van der Waals surface area contributed by atoms with Crippen LogP contribution in [-0.2, 0) is 14.4 Å². The summed E-state index contributed by atoms with van der Waals surface area (Å²) in [7, 11) is 0. The Kier molecular flexibility index (Phi) is 12.0. The molecule has 15 heteroatoms. The predicted octanol–water partition coefficient (Wildman–Crippen LogP) is -0.165. The molecule has 32 heavy (non-hydrogen) atoms. The van der Waals surface area contributed by atoms with E-state index in [4.69, 9.17) is 15.6 Å². The van der Waals surface area contributed by atoms with Gasteiger partial charge in [-0.3, -0.25) is 9.59 Å². The molecule has 10 nitrogen and oxygen atoms in total. The van der Waals surface area contributed by atoms with Gasteiger partial charge in [-0.05, 0) is 12.8 Å². The number of carboxylic acid groups (broad SMARTS) is 1. The first-order chi connectivity index (χ1) is 15.0. The summed E-state index contributed by atoms with van der Waals surface area (Å²) in [6.45, 7) is 0.754. The smallest absolute Gasteiger partial charge is 0.475 e. The van der Waals surface area contributed by atoms with Crippen molar-refractivity contribution in [1.29, 1.82) is 0 Å². The minimum absolute atomic E-state index is 0.0134. The van der Waals surface area contributed by atoms with Crippen LogP contribution in [0.5, 0.6) is 0 Å². The molecule has 0 spiro atoms. The van der Waals surface area contributed by atoms with Gasteiger partial charge in [0.05, 0.1) is 18.1 Å². The van der Waals surface area contributed by atoms with Crippen LogP contribution < -0.4 is 27.0 Å². The summed E-state index contributed by atoms with van der Waals surface area (Å²) in [4.78, 5) is 43.4. The number of thiol groups is 1. The number of hydrogen-bond donors (Lipinski definition) is 7. The van der Waals surface area contributed by atoms with Crippen LogP contribution in [0.15, 0.2) is 0 Å². The summed E-state index contributed by atoms with van der Waals surface area (Å²) in [5.74, 6) is -1.78. The van der Waals surface area contributed by atoms with E-state index in [2.05, 4.69) is 33.9 Å². The van der Waals surface area contributed by atoms with Crippen LogP contribution in [-0.4, -0.2) is 83.1 Å². The van der Waals surface area contributed by atoms with Crippen molar-refractivity contribution in [2.45, 2.75) is 55.2 Å². The Hall–Kier alpha value is -1.87. The summed E-state index contributed by atoms with van der Waals surface area (Å²) >= 11 is 5.84. The molecule has 7 N–H and O–H groups in total. The maximum absolute atomic E-state index is 11.8. The van der Waals surface area contributed by atoms with Crippen LogP contribution in [0.3, 0.4) is 0 Å². The summed E-state index contributed by atoms with van der Waals surface area (Å²) in [5.41, 5.74) is 5.53. The average molecular weight is 504 g/mol. The van der Waals surface area contributed by atoms with Crippen molar-refractivity contribution >= 4 is 48.2 Å². The Labute approximate surface area is 192 Å². The topological polar surface area (TPSA) is 163 Å². The van der Waals surface area contributed by atoms with Crippen molar-refractivity contribution < 1.29 is 37.5 Å². The number of alkyl halides is 3. The number of nitrogens with one attached hydrogen (secondary N) is 4. The number of carbonyl (C=O) groups excluding carboxylic acids is 3. The number of carboxylic acids is 1. The van der Waals surface area contributed by atoms with Gasteiger partial charge in [0.15, 0.2) is 0 Å². The first-order valence-electron chi connectivity index (χ1n) is 9.85. The van der Waals surface area contributed by atoms with E-state index in [-0.39, 0.29) is 29.9 Å². The number of rotatable bonds is 10. The molecule has 0 aromatic heterocycles. The molecular formula is C17H28F3N5O5S2. The number of hydrogen-bond acceptors (Lipinski definition) is 7. The molecule has 0 saturated carbocycles. The van der Waals surface area contributed by atoms with Crippen LogP contribution in [0.1, 0.15) is 25.7 Å². The van der Waals surface area contributed by atoms with Gasteiger partial charge in [-0.1, -0.05) is 6.42 Å². The summed E-state index contributed by atoms with van der Waals surface area (Å²) < 4.78 is 31.7. The van der Waals surface area contributed by atoms with E-state index < -0.39 is 18.2 Å². The molecule has 2 heterocycles. The molecule has 2 aliphatic rings. The van der Waals surface area contributed by atoms with E-state index in [0.29, 0.717) is 30.5 Å². The van der Waals surface area contributed by atoms with E-state index in [9.17, 15) is 27.6 Å². The lowest BCUT2D eigenvalue weighted by atomic mass is 10.0. The average Bonchev–Trinajstić information content (AvgIpc) is 3.26. The first-order valence-corrected chi connectivity index (χ1v) is 11.5. The molecule has 4 unspecified atom stereocenters. The van der Waals surface area contributed by atoms with Crippen LogP contribution in [0.2, 0.25) is 0 Å². The molecule has 2 rings (SSSR count). The first kappa shape index (κ1) is 28.2. The van der Waals surface area contributed by atoms with Crippen molar-refractivity contribution in [3.63, 3.8) is 0 Å². The third kappa shape index (κ3) is 10.2. The molecule has 0 aromatic carbocycles. The Bertz CT molecular complexity index is 671. The van der Waals surface area contributed by atoms with Gasteiger partial charge in [0.25, 0.3) is 0 Å². The van der Waals surface area contributed by atoms with Gasteiger partial charge in [0.1, 0.15) is 0 Å². The number of unbranched alkanes of at least 4 members (excludes halogenated alkanes) is 1. The number of amides is 4. The number of halogens is 3. The van der Waals surface area contributed by atoms with Crippen LogP contribution in [0, 0.1) is 0 Å². The maximum Gasteiger partial charge on any atom is 0.490 e. The Morgan fingerprint density at radius 1 is 1.22 bits per heavy atom. The molecule has 0 radical (unpaired) electrons. The second-order valence-electron chi connectivity index (χ2n) is 7.10. The van der Waals surface area contributed by atoms with Crippen molar-refractivity contribution in [2.75, 3.05) is 24.6 Å². The fourth-order valence-electron chi connectivity index (χ4n) is 2.96. The quantitative estimate of drug-likeness (QED) is 0.124. The van der Waals surface area contributed by atoms with Gasteiger partial charge in [-0.15, -0.1) is 0 Å². The molecule has 0 aliphatic carbocycles. The van der Waals surface area contributed by atoms with Gasteiger partial charge >= 0.3 is 18.2 Å². The lowest BCUT2D eigenvalue weighted by molar-refractivity contribution is -0.192. The molecule has 184 valence electrons. The zero-order valence-corrected chi connectivity index (χ0v) is 18.8. The highest BCUT2D eigenvalue weighted by atomic mass is 32.2. The summed E-state index contributed by atoms with van der Waals surface area (Å²) in [5, 5.41) is 18.9. The highest BCUT2D eigenvalue weighted by Crippen LogP contribution is 2.33. The third-order valence-electron chi connectivity index (χ3n) is 4.60. The van der Waals surface area contributed by atoms with Crippen LogP contribution >= 0.6 is 24.4 Å². The highest BCUT2D eigenvalue weighted by Gasteiger charge is 2.42. The fourth-order valence-corrected chi connectivity index (χ4v) is 4.67. The second kappa shape index (κ2) is 13.6. The molecule has 4 atom stereocenters. The highest BCUT2D eigenvalue weighted by molar-refractivity contribution is 8.00. The zero-order chi connectivity index (χ0) is 24.3. The molecule has 0 aromatic rings. The van der Waals surface area contributed by atoms with E-state index >= 15 is 0 Å². The van der Waals surface area contributed by atoms with Gasteiger partial charge in [0, 0.05) is 36.3 Å². The van der Waals surface area contributed by atoms with E-state index in [1.54, 1.807) is 0 Å². The number of aliphatic carboxylic acids is 1. The van der Waals surface area contributed by atoms with E-state index in [1.807, 2.05) is 11.8 Å². The SMILES string of the molecule is NC(CS)C(=O)NCCNC(=O)CCCCC1SCC2NC(=O)NC21.O=C(O)C(F)(F)F. The molecule has 0 bridgehead atoms. The number of nitrogens with two attached hydrogens (primary N) is 1. The normalized spacial score (nSPS) is 22.5. The fraction of sp³-hybridized carbons (Fsp3) is 0.765. The standard InChI is InChI=1S/C15H27N5O3S2.C2HF3O2/c16-9(7-24)14(22)18-6-5-17-12(21)4-2-1-3-11-13-10(8-25-11)19-15(23)20-13;3-2(4,5)1(6)7/h9-11,13,24H,1-8,16H2,(H,17,21)(H,18,22)(H2,19,20,23);(H,6,7). The summed E-state index contributed by atoms with van der Waals surface area (Å²) in [6, 6.07) is -0.218. The van der Waals surface area contributed by atoms with Gasteiger partial charge < -0.3 is 32.1 Å². The molecule has 2 fully saturated rings. The minimum atomic E-state index is -5.08. The molecule has 2 saturated heterocycles. The number of urea groups is 1. The summed E-state index contributed by atoms with van der Waals surface area (Å²) in [6.07, 6.45) is -1.84. The lowest BCUT2D eigenvalue weighted by Crippen LogP contribution is -2.44. The van der Waals surface area contributed by atoms with Crippen molar-refractivity contribution in [3.05, 3.63) is 0 Å². The number of carbonyl (C=O) groups is 4. The van der Waals surface area contributed by atoms with Crippen molar-refractivity contribution in [1.82, 2.24) is 21.3 Å². The Balaban J connectivity index is 0.000000633. The molecular weight excluding hydrogens is 475 g/mol. The maximum atomic E-state index is 11.8. The predicted molar refractivity (Wildman–Crippen MR) is 115 cm³/mol. The lowest BCUT2D eigenvalue weighted by Gasteiger charge is -2.16. The van der Waals surface area contributed by atoms with Crippen LogP contribution in [0.4, 0.5) is 18.0 Å². The number of thioether (sulfide) groups is 1. The number of fused-ring (bicyclic) bond motifs is 1.